The standard InChI is InChI=1S/C22H14BrN3O5S/c23-12-3-6-15-14(9-12)19(28)17-18(11-1-4-13(5-2-11)30-10-16(24)27)26(21(29)20(17)31-15)22-25-7-8-32-22/h1-9,18H,10H2,(H2,24,27). The molecule has 0 fully saturated rings. The van der Waals surface area contributed by atoms with Gasteiger partial charge in [-0.1, -0.05) is 28.1 Å². The van der Waals surface area contributed by atoms with E-state index in [2.05, 4.69) is 20.9 Å². The zero-order chi connectivity index (χ0) is 22.4. The summed E-state index contributed by atoms with van der Waals surface area (Å²) in [5.41, 5.74) is 6.09. The highest BCUT2D eigenvalue weighted by Crippen LogP contribution is 2.42. The van der Waals surface area contributed by atoms with E-state index in [1.165, 1.54) is 16.2 Å². The van der Waals surface area contributed by atoms with Crippen LogP contribution in [0.1, 0.15) is 27.7 Å². The van der Waals surface area contributed by atoms with Crippen molar-refractivity contribution in [2.75, 3.05) is 11.5 Å². The van der Waals surface area contributed by atoms with E-state index in [9.17, 15) is 14.4 Å². The minimum atomic E-state index is -0.728. The third kappa shape index (κ3) is 3.37. The minimum Gasteiger partial charge on any atom is -0.484 e. The number of rotatable bonds is 5. The number of carbonyl (C=O) groups is 2. The van der Waals surface area contributed by atoms with E-state index >= 15 is 0 Å². The Labute approximate surface area is 193 Å². The van der Waals surface area contributed by atoms with Gasteiger partial charge in [-0.2, -0.15) is 0 Å². The van der Waals surface area contributed by atoms with Gasteiger partial charge in [0.2, 0.25) is 5.76 Å². The summed E-state index contributed by atoms with van der Waals surface area (Å²) in [6.45, 7) is -0.250. The molecule has 0 radical (unpaired) electrons. The van der Waals surface area contributed by atoms with Gasteiger partial charge >= 0.3 is 0 Å². The number of nitrogens with two attached hydrogens (primary N) is 1. The number of aromatic nitrogens is 1. The number of hydrogen-bond donors (Lipinski definition) is 1. The molecular formula is C22H14BrN3O5S. The van der Waals surface area contributed by atoms with Crippen molar-refractivity contribution in [3.63, 3.8) is 0 Å². The van der Waals surface area contributed by atoms with Gasteiger partial charge in [0.15, 0.2) is 17.2 Å². The molecule has 2 amide bonds. The highest BCUT2D eigenvalue weighted by molar-refractivity contribution is 9.10. The molecule has 0 spiro atoms. The predicted octanol–water partition coefficient (Wildman–Crippen LogP) is 3.63. The number of ether oxygens (including phenoxy) is 1. The van der Waals surface area contributed by atoms with Crippen molar-refractivity contribution >= 4 is 55.2 Å². The number of primary amides is 1. The summed E-state index contributed by atoms with van der Waals surface area (Å²) in [5, 5.41) is 2.58. The van der Waals surface area contributed by atoms with Crippen LogP contribution in [0.15, 0.2) is 67.7 Å². The number of benzene rings is 2. The second-order valence-corrected chi connectivity index (χ2v) is 8.82. The van der Waals surface area contributed by atoms with E-state index in [1.807, 2.05) is 0 Å². The van der Waals surface area contributed by atoms with Gasteiger partial charge in [-0.05, 0) is 35.9 Å². The molecule has 3 heterocycles. The molecule has 0 bridgehead atoms. The summed E-state index contributed by atoms with van der Waals surface area (Å²) in [6.07, 6.45) is 1.59. The summed E-state index contributed by atoms with van der Waals surface area (Å²) in [7, 11) is 0. The third-order valence-electron chi connectivity index (χ3n) is 5.03. The SMILES string of the molecule is NC(=O)COc1ccc(C2c3c(oc4ccc(Br)cc4c3=O)C(=O)N2c2nccs2)cc1. The molecule has 1 aliphatic rings. The molecule has 32 heavy (non-hydrogen) atoms. The van der Waals surface area contributed by atoms with E-state index in [1.54, 1.807) is 54.0 Å². The summed E-state index contributed by atoms with van der Waals surface area (Å²) in [6, 6.07) is 11.1. The van der Waals surface area contributed by atoms with Crippen LogP contribution in [-0.4, -0.2) is 23.4 Å². The van der Waals surface area contributed by atoms with Gasteiger partial charge in [0, 0.05) is 16.0 Å². The molecule has 0 saturated carbocycles. The van der Waals surface area contributed by atoms with Crippen molar-refractivity contribution < 1.29 is 18.7 Å². The van der Waals surface area contributed by atoms with Crippen LogP contribution in [0.4, 0.5) is 5.13 Å². The second-order valence-electron chi connectivity index (χ2n) is 7.03. The van der Waals surface area contributed by atoms with E-state index in [-0.39, 0.29) is 23.4 Å². The number of halogens is 1. The van der Waals surface area contributed by atoms with Gasteiger partial charge in [0.25, 0.3) is 11.8 Å². The predicted molar refractivity (Wildman–Crippen MR) is 122 cm³/mol. The van der Waals surface area contributed by atoms with Gasteiger partial charge in [-0.3, -0.25) is 19.3 Å². The molecule has 2 N–H and O–H groups in total. The molecule has 160 valence electrons. The molecule has 1 aliphatic heterocycles. The van der Waals surface area contributed by atoms with Crippen molar-refractivity contribution in [2.45, 2.75) is 6.04 Å². The maximum absolute atomic E-state index is 13.5. The third-order valence-corrected chi connectivity index (χ3v) is 6.30. The fourth-order valence-corrected chi connectivity index (χ4v) is 4.72. The average molecular weight is 512 g/mol. The van der Waals surface area contributed by atoms with E-state index in [0.717, 1.165) is 4.47 Å². The Morgan fingerprint density at radius 1 is 1.22 bits per heavy atom. The number of nitrogens with zero attached hydrogens (tertiary/aromatic N) is 2. The first-order valence-corrected chi connectivity index (χ1v) is 11.1. The number of amides is 2. The second kappa shape index (κ2) is 7.88. The summed E-state index contributed by atoms with van der Waals surface area (Å²) in [5.74, 6) is -0.586. The van der Waals surface area contributed by atoms with Gasteiger partial charge in [-0.15, -0.1) is 11.3 Å². The lowest BCUT2D eigenvalue weighted by atomic mass is 9.98. The lowest BCUT2D eigenvalue weighted by Crippen LogP contribution is -2.29. The molecule has 2 aromatic heterocycles. The average Bonchev–Trinajstić information content (AvgIpc) is 3.40. The topological polar surface area (TPSA) is 116 Å². The van der Waals surface area contributed by atoms with Crippen molar-refractivity contribution in [3.05, 3.63) is 85.6 Å². The maximum Gasteiger partial charge on any atom is 0.297 e. The first kappa shape index (κ1) is 20.4. The number of thiazole rings is 1. The number of hydrogen-bond acceptors (Lipinski definition) is 7. The normalized spacial score (nSPS) is 15.2. The van der Waals surface area contributed by atoms with Crippen LogP contribution in [0.5, 0.6) is 5.75 Å². The van der Waals surface area contributed by atoms with Crippen LogP contribution in [0.3, 0.4) is 0 Å². The van der Waals surface area contributed by atoms with E-state index < -0.39 is 17.9 Å². The van der Waals surface area contributed by atoms with Crippen LogP contribution < -0.4 is 20.8 Å². The fraction of sp³-hybridized carbons (Fsp3) is 0.0909. The Bertz CT molecular complexity index is 1420. The summed E-state index contributed by atoms with van der Waals surface area (Å²) >= 11 is 4.67. The first-order chi connectivity index (χ1) is 15.4. The molecule has 4 aromatic rings. The van der Waals surface area contributed by atoms with E-state index in [0.29, 0.717) is 27.4 Å². The smallest absolute Gasteiger partial charge is 0.297 e. The quantitative estimate of drug-likeness (QED) is 0.437. The largest absolute Gasteiger partial charge is 0.484 e. The number of fused-ring (bicyclic) bond motifs is 2. The number of anilines is 1. The molecule has 8 nitrogen and oxygen atoms in total. The monoisotopic (exact) mass is 511 g/mol. The fourth-order valence-electron chi connectivity index (χ4n) is 3.69. The van der Waals surface area contributed by atoms with Crippen LogP contribution in [0, 0.1) is 0 Å². The minimum absolute atomic E-state index is 0.000854. The van der Waals surface area contributed by atoms with Gasteiger partial charge in [0.05, 0.1) is 17.0 Å². The van der Waals surface area contributed by atoms with Crippen LogP contribution >= 0.6 is 27.3 Å². The number of carbonyl (C=O) groups excluding carboxylic acids is 2. The first-order valence-electron chi connectivity index (χ1n) is 9.44. The molecule has 5 rings (SSSR count). The van der Waals surface area contributed by atoms with Gasteiger partial charge in [0.1, 0.15) is 11.3 Å². The van der Waals surface area contributed by atoms with Gasteiger partial charge < -0.3 is 14.9 Å². The molecule has 10 heteroatoms. The molecule has 1 unspecified atom stereocenters. The Morgan fingerprint density at radius 3 is 2.69 bits per heavy atom. The van der Waals surface area contributed by atoms with Gasteiger partial charge in [-0.25, -0.2) is 4.98 Å². The van der Waals surface area contributed by atoms with Crippen molar-refractivity contribution in [1.82, 2.24) is 4.98 Å². The maximum atomic E-state index is 13.5. The zero-order valence-corrected chi connectivity index (χ0v) is 18.7. The van der Waals surface area contributed by atoms with Crippen molar-refractivity contribution in [3.8, 4) is 5.75 Å². The lowest BCUT2D eigenvalue weighted by Gasteiger charge is -2.22. The van der Waals surface area contributed by atoms with E-state index in [4.69, 9.17) is 14.9 Å². The van der Waals surface area contributed by atoms with Crippen LogP contribution in [0.25, 0.3) is 11.0 Å². The van der Waals surface area contributed by atoms with Crippen molar-refractivity contribution in [2.24, 2.45) is 5.73 Å². The van der Waals surface area contributed by atoms with Crippen LogP contribution in [-0.2, 0) is 4.79 Å². The Kier molecular flexibility index (Phi) is 5.03. The molecule has 0 aliphatic carbocycles. The Morgan fingerprint density at radius 2 is 2.00 bits per heavy atom. The molecule has 0 saturated heterocycles. The highest BCUT2D eigenvalue weighted by Gasteiger charge is 2.44. The zero-order valence-electron chi connectivity index (χ0n) is 16.3. The lowest BCUT2D eigenvalue weighted by molar-refractivity contribution is -0.119. The highest BCUT2D eigenvalue weighted by atomic mass is 79.9. The van der Waals surface area contributed by atoms with Crippen LogP contribution in [0.2, 0.25) is 0 Å². The summed E-state index contributed by atoms with van der Waals surface area (Å²) < 4.78 is 12.0. The molecule has 2 aromatic carbocycles. The Hall–Kier alpha value is -3.50. The van der Waals surface area contributed by atoms with Crippen molar-refractivity contribution in [1.29, 1.82) is 0 Å². The Balaban J connectivity index is 1.68. The molecular weight excluding hydrogens is 498 g/mol. The molecule has 1 atom stereocenters. The summed E-state index contributed by atoms with van der Waals surface area (Å²) in [4.78, 5) is 43.6.